The number of nitrogens with two attached hydrogens (primary N) is 1. The van der Waals surface area contributed by atoms with Gasteiger partial charge in [0, 0.05) is 65.0 Å². The van der Waals surface area contributed by atoms with Gasteiger partial charge in [0.15, 0.2) is 5.76 Å². The van der Waals surface area contributed by atoms with Crippen molar-refractivity contribution in [2.24, 2.45) is 0 Å². The van der Waals surface area contributed by atoms with Gasteiger partial charge in [-0.25, -0.2) is 4.39 Å². The number of halogens is 1. The van der Waals surface area contributed by atoms with Crippen molar-refractivity contribution < 1.29 is 13.6 Å². The monoisotopic (exact) mass is 551 g/mol. The Balaban J connectivity index is 1.13. The van der Waals surface area contributed by atoms with E-state index in [2.05, 4.69) is 30.3 Å². The first-order valence-corrected chi connectivity index (χ1v) is 13.1. The summed E-state index contributed by atoms with van der Waals surface area (Å²) in [5.41, 5.74) is 6.96. The molecule has 1 amide bonds. The fraction of sp³-hybridized carbons (Fsp3) is 0.423. The summed E-state index contributed by atoms with van der Waals surface area (Å²) < 4.78 is 21.7. The summed E-state index contributed by atoms with van der Waals surface area (Å²) in [7, 11) is 5.77. The first-order chi connectivity index (χ1) is 19.3. The first kappa shape index (κ1) is 27.3. The highest BCUT2D eigenvalue weighted by atomic mass is 19.1. The van der Waals surface area contributed by atoms with Crippen LogP contribution in [0.5, 0.6) is 0 Å². The van der Waals surface area contributed by atoms with Crippen LogP contribution in [0.4, 0.5) is 22.0 Å². The zero-order chi connectivity index (χ0) is 28.2. The van der Waals surface area contributed by atoms with Gasteiger partial charge in [0.05, 0.1) is 12.0 Å². The van der Waals surface area contributed by atoms with E-state index in [4.69, 9.17) is 10.2 Å². The van der Waals surface area contributed by atoms with Crippen LogP contribution in [0.25, 0.3) is 17.4 Å². The Morgan fingerprint density at radius 2 is 1.90 bits per heavy atom. The van der Waals surface area contributed by atoms with Crippen molar-refractivity contribution in [3.8, 4) is 11.6 Å². The van der Waals surface area contributed by atoms with Gasteiger partial charge in [0.25, 0.3) is 11.7 Å². The standard InChI is InChI=1S/C26H34FN11O2/c1-34(2)9-8-29-23(39)18-6-7-20(19(27)17-18)37-14-12-36(13-15-37)11-10-35(3)25-31-24(28)38-26(32-25)30-22(33-38)21-5-4-16-40-21/h4-7,16-17H,8-15H2,1-3H3,(H,29,39)(H2,28,30,31,32,33). The number of likely N-dealkylation sites (N-methyl/N-ethyl adjacent to an activating group) is 2. The molecule has 1 saturated heterocycles. The Kier molecular flexibility index (Phi) is 8.07. The molecule has 13 nitrogen and oxygen atoms in total. The second-order valence-electron chi connectivity index (χ2n) is 9.98. The van der Waals surface area contributed by atoms with Crippen LogP contribution in [-0.2, 0) is 0 Å². The summed E-state index contributed by atoms with van der Waals surface area (Å²) in [5, 5.41) is 7.14. The van der Waals surface area contributed by atoms with Gasteiger partial charge in [-0.1, -0.05) is 0 Å². The number of carbonyl (C=O) groups excluding carboxylic acids is 1. The zero-order valence-corrected chi connectivity index (χ0v) is 22.9. The zero-order valence-electron chi connectivity index (χ0n) is 22.9. The summed E-state index contributed by atoms with van der Waals surface area (Å²) in [5.74, 6) is 1.23. The highest BCUT2D eigenvalue weighted by Gasteiger charge is 2.22. The summed E-state index contributed by atoms with van der Waals surface area (Å²) in [6.07, 6.45) is 1.55. The number of fused-ring (bicyclic) bond motifs is 1. The van der Waals surface area contributed by atoms with Crippen molar-refractivity contribution >= 4 is 29.3 Å². The maximum absolute atomic E-state index is 14.9. The normalized spacial score (nSPS) is 14.3. The third kappa shape index (κ3) is 6.13. The number of nitrogens with zero attached hydrogens (tertiary/aromatic N) is 9. The van der Waals surface area contributed by atoms with Crippen LogP contribution in [0.2, 0.25) is 0 Å². The molecule has 40 heavy (non-hydrogen) atoms. The van der Waals surface area contributed by atoms with E-state index in [9.17, 15) is 9.18 Å². The summed E-state index contributed by atoms with van der Waals surface area (Å²) in [6, 6.07) is 8.22. The minimum absolute atomic E-state index is 0.185. The smallest absolute Gasteiger partial charge is 0.259 e. The molecule has 212 valence electrons. The van der Waals surface area contributed by atoms with Gasteiger partial charge in [-0.2, -0.15) is 19.5 Å². The minimum atomic E-state index is -0.387. The molecule has 5 rings (SSSR count). The lowest BCUT2D eigenvalue weighted by atomic mass is 10.1. The predicted octanol–water partition coefficient (Wildman–Crippen LogP) is 1.05. The largest absolute Gasteiger partial charge is 0.461 e. The van der Waals surface area contributed by atoms with Crippen LogP contribution in [0, 0.1) is 5.82 Å². The van der Waals surface area contributed by atoms with Gasteiger partial charge in [-0.15, -0.1) is 5.10 Å². The van der Waals surface area contributed by atoms with E-state index < -0.39 is 0 Å². The van der Waals surface area contributed by atoms with Gasteiger partial charge in [0.1, 0.15) is 5.82 Å². The molecule has 1 aliphatic rings. The number of rotatable bonds is 10. The minimum Gasteiger partial charge on any atom is -0.461 e. The highest BCUT2D eigenvalue weighted by molar-refractivity contribution is 5.94. The molecule has 0 bridgehead atoms. The molecule has 0 radical (unpaired) electrons. The second-order valence-corrected chi connectivity index (χ2v) is 9.98. The Bertz CT molecular complexity index is 1450. The molecule has 0 aliphatic carbocycles. The van der Waals surface area contributed by atoms with Gasteiger partial charge in [-0.3, -0.25) is 9.69 Å². The number of amides is 1. The van der Waals surface area contributed by atoms with E-state index in [1.807, 2.05) is 35.8 Å². The van der Waals surface area contributed by atoms with Gasteiger partial charge >= 0.3 is 0 Å². The third-order valence-electron chi connectivity index (χ3n) is 6.82. The average molecular weight is 552 g/mol. The molecular formula is C26H34FN11O2. The van der Waals surface area contributed by atoms with E-state index in [0.717, 1.165) is 26.2 Å². The number of hydrogen-bond donors (Lipinski definition) is 2. The van der Waals surface area contributed by atoms with Crippen LogP contribution in [0.1, 0.15) is 10.4 Å². The number of aromatic nitrogens is 5. The van der Waals surface area contributed by atoms with Crippen LogP contribution in [-0.4, -0.2) is 114 Å². The first-order valence-electron chi connectivity index (χ1n) is 13.1. The van der Waals surface area contributed by atoms with Crippen LogP contribution < -0.4 is 20.9 Å². The maximum Gasteiger partial charge on any atom is 0.259 e. The molecular weight excluding hydrogens is 517 g/mol. The molecule has 4 heterocycles. The predicted molar refractivity (Wildman–Crippen MR) is 150 cm³/mol. The van der Waals surface area contributed by atoms with Crippen molar-refractivity contribution in [1.29, 1.82) is 0 Å². The molecule has 4 aromatic rings. The fourth-order valence-electron chi connectivity index (χ4n) is 4.48. The van der Waals surface area contributed by atoms with Crippen LogP contribution in [0.15, 0.2) is 41.0 Å². The Labute approximate surface area is 231 Å². The van der Waals surface area contributed by atoms with Crippen molar-refractivity contribution in [1.82, 2.24) is 39.7 Å². The molecule has 14 heteroatoms. The van der Waals surface area contributed by atoms with E-state index in [1.165, 1.54) is 10.6 Å². The number of nitrogen functional groups attached to an aromatic ring is 1. The molecule has 0 saturated carbocycles. The SMILES string of the molecule is CN(C)CCNC(=O)c1ccc(N2CCN(CCN(C)c3nc(N)n4nc(-c5ccco5)nc4n3)CC2)c(F)c1. The molecule has 0 spiro atoms. The second kappa shape index (κ2) is 11.8. The van der Waals surface area contributed by atoms with Gasteiger partial charge in [-0.05, 0) is 44.4 Å². The molecule has 1 fully saturated rings. The van der Waals surface area contributed by atoms with Gasteiger partial charge in [0.2, 0.25) is 17.7 Å². The van der Waals surface area contributed by atoms with Crippen LogP contribution in [0.3, 0.4) is 0 Å². The summed E-state index contributed by atoms with van der Waals surface area (Å²) in [6.45, 7) is 5.58. The van der Waals surface area contributed by atoms with Gasteiger partial charge < -0.3 is 30.2 Å². The molecule has 1 aromatic carbocycles. The lowest BCUT2D eigenvalue weighted by Gasteiger charge is -2.36. The molecule has 1 aliphatic heterocycles. The molecule has 3 N–H and O–H groups in total. The maximum atomic E-state index is 14.9. The van der Waals surface area contributed by atoms with Crippen LogP contribution >= 0.6 is 0 Å². The topological polar surface area (TPSA) is 137 Å². The number of carbonyl (C=O) groups is 1. The number of nitrogens with one attached hydrogen (secondary N) is 1. The summed E-state index contributed by atoms with van der Waals surface area (Å²) in [4.78, 5) is 33.9. The fourth-order valence-corrected chi connectivity index (χ4v) is 4.48. The third-order valence-corrected chi connectivity index (χ3v) is 6.82. The summed E-state index contributed by atoms with van der Waals surface area (Å²) >= 11 is 0. The lowest BCUT2D eigenvalue weighted by Crippen LogP contribution is -2.48. The molecule has 0 atom stereocenters. The Morgan fingerprint density at radius 3 is 2.60 bits per heavy atom. The van der Waals surface area contributed by atoms with E-state index in [1.54, 1.807) is 30.5 Å². The lowest BCUT2D eigenvalue weighted by molar-refractivity contribution is 0.0950. The Hall–Kier alpha value is -4.30. The van der Waals surface area contributed by atoms with E-state index in [-0.39, 0.29) is 17.7 Å². The average Bonchev–Trinajstić information content (AvgIpc) is 3.62. The number of benzene rings is 1. The molecule has 3 aromatic heterocycles. The number of piperazine rings is 1. The molecule has 0 unspecified atom stereocenters. The van der Waals surface area contributed by atoms with Crippen molar-refractivity contribution in [3.05, 3.63) is 48.0 Å². The van der Waals surface area contributed by atoms with Crippen molar-refractivity contribution in [3.63, 3.8) is 0 Å². The quantitative estimate of drug-likeness (QED) is 0.293. The number of anilines is 3. The van der Waals surface area contributed by atoms with E-state index >= 15 is 0 Å². The van der Waals surface area contributed by atoms with E-state index in [0.29, 0.717) is 60.7 Å². The van der Waals surface area contributed by atoms with Crippen molar-refractivity contribution in [2.75, 3.05) is 89.0 Å². The van der Waals surface area contributed by atoms with Crippen molar-refractivity contribution in [2.45, 2.75) is 0 Å². The number of furan rings is 1. The Morgan fingerprint density at radius 1 is 1.10 bits per heavy atom. The number of hydrogen-bond acceptors (Lipinski definition) is 11. The highest BCUT2D eigenvalue weighted by Crippen LogP contribution is 2.23.